The van der Waals surface area contributed by atoms with Gasteiger partial charge >= 0.3 is 18.0 Å². The predicted molar refractivity (Wildman–Crippen MR) is 78.7 cm³/mol. The summed E-state index contributed by atoms with van der Waals surface area (Å²) in [5, 5.41) is 13.2. The largest absolute Gasteiger partial charge is 0.416 e. The quantitative estimate of drug-likeness (QED) is 0.724. The number of rotatable bonds is 5. The second kappa shape index (κ2) is 7.96. The van der Waals surface area contributed by atoms with Crippen molar-refractivity contribution >= 4 is 17.5 Å². The molecule has 0 heterocycles. The van der Waals surface area contributed by atoms with Gasteiger partial charge in [-0.3, -0.25) is 9.59 Å². The Morgan fingerprint density at radius 2 is 1.91 bits per heavy atom. The lowest BCUT2D eigenvalue weighted by Gasteiger charge is -2.14. The first-order valence-corrected chi connectivity index (χ1v) is 7.05. The summed E-state index contributed by atoms with van der Waals surface area (Å²) >= 11 is 0. The van der Waals surface area contributed by atoms with Gasteiger partial charge in [0, 0.05) is 18.3 Å². The van der Waals surface area contributed by atoms with E-state index in [-0.39, 0.29) is 23.9 Å². The Balaban J connectivity index is 2.72. The lowest BCUT2D eigenvalue weighted by Crippen LogP contribution is -2.40. The monoisotopic (exact) mass is 332 g/mol. The normalized spacial score (nSPS) is 12.6. The summed E-state index contributed by atoms with van der Waals surface area (Å²) in [7, 11) is 0. The third kappa shape index (κ3) is 5.90. The molecule has 0 aliphatic carbocycles. The maximum atomic E-state index is 12.8. The number of carbonyl (C=O) groups is 2. The molecule has 0 fully saturated rings. The number of carbonyl (C=O) groups excluding carboxylic acids is 2. The Kier molecular flexibility index (Phi) is 6.56. The molecule has 0 aliphatic heterocycles. The van der Waals surface area contributed by atoms with E-state index in [1.54, 1.807) is 6.92 Å². The topological polar surface area (TPSA) is 78.4 Å². The number of aryl methyl sites for hydroxylation is 1. The summed E-state index contributed by atoms with van der Waals surface area (Å²) < 4.78 is 38.4. The highest BCUT2D eigenvalue weighted by atomic mass is 19.4. The molecule has 0 aliphatic rings. The summed E-state index contributed by atoms with van der Waals surface area (Å²) in [6.07, 6.45) is -3.58. The van der Waals surface area contributed by atoms with Gasteiger partial charge in [-0.15, -0.1) is 0 Å². The van der Waals surface area contributed by atoms with Crippen LogP contribution in [0.5, 0.6) is 0 Å². The summed E-state index contributed by atoms with van der Waals surface area (Å²) in [5.74, 6) is -1.98. The Morgan fingerprint density at radius 3 is 2.48 bits per heavy atom. The number of amides is 2. The molecule has 0 saturated carbocycles. The standard InChI is InChI=1S/C15H19F3N2O3/c1-9-5-6-11(8-12(9)15(16,17)18)20-14(23)13(22)19-10(2)4-3-7-21/h5-6,8,10,21H,3-4,7H2,1-2H3,(H,19,22)(H,20,23). The van der Waals surface area contributed by atoms with Crippen LogP contribution < -0.4 is 10.6 Å². The van der Waals surface area contributed by atoms with E-state index in [2.05, 4.69) is 10.6 Å². The molecule has 1 aromatic carbocycles. The molecule has 3 N–H and O–H groups in total. The molecule has 128 valence electrons. The van der Waals surface area contributed by atoms with Crippen LogP contribution in [0, 0.1) is 6.92 Å². The average Bonchev–Trinajstić information content (AvgIpc) is 2.45. The van der Waals surface area contributed by atoms with Crippen LogP contribution in [0.1, 0.15) is 30.9 Å². The van der Waals surface area contributed by atoms with Crippen molar-refractivity contribution in [1.82, 2.24) is 5.32 Å². The molecule has 1 atom stereocenters. The molecule has 2 amide bonds. The van der Waals surface area contributed by atoms with E-state index in [1.807, 2.05) is 0 Å². The maximum Gasteiger partial charge on any atom is 0.416 e. The van der Waals surface area contributed by atoms with Crippen molar-refractivity contribution in [1.29, 1.82) is 0 Å². The molecular weight excluding hydrogens is 313 g/mol. The van der Waals surface area contributed by atoms with E-state index < -0.39 is 23.6 Å². The van der Waals surface area contributed by atoms with Crippen molar-refractivity contribution in [3.05, 3.63) is 29.3 Å². The van der Waals surface area contributed by atoms with Crippen molar-refractivity contribution in [2.45, 2.75) is 38.9 Å². The zero-order chi connectivity index (χ0) is 17.6. The fourth-order valence-corrected chi connectivity index (χ4v) is 1.95. The van der Waals surface area contributed by atoms with Gasteiger partial charge in [-0.25, -0.2) is 0 Å². The van der Waals surface area contributed by atoms with Crippen molar-refractivity contribution in [2.24, 2.45) is 0 Å². The van der Waals surface area contributed by atoms with Gasteiger partial charge in [0.2, 0.25) is 0 Å². The summed E-state index contributed by atoms with van der Waals surface area (Å²) in [6.45, 7) is 2.94. The van der Waals surface area contributed by atoms with Gasteiger partial charge in [0.25, 0.3) is 0 Å². The molecule has 0 radical (unpaired) electrons. The molecule has 8 heteroatoms. The third-order valence-corrected chi connectivity index (χ3v) is 3.18. The zero-order valence-electron chi connectivity index (χ0n) is 12.8. The fourth-order valence-electron chi connectivity index (χ4n) is 1.95. The molecular formula is C15H19F3N2O3. The Morgan fingerprint density at radius 1 is 1.26 bits per heavy atom. The minimum atomic E-state index is -4.54. The van der Waals surface area contributed by atoms with E-state index in [4.69, 9.17) is 5.11 Å². The van der Waals surface area contributed by atoms with Gasteiger partial charge < -0.3 is 15.7 Å². The first-order valence-electron chi connectivity index (χ1n) is 7.05. The van der Waals surface area contributed by atoms with Gasteiger partial charge in [0.05, 0.1) is 5.56 Å². The second-order valence-corrected chi connectivity index (χ2v) is 5.22. The SMILES string of the molecule is Cc1ccc(NC(=O)C(=O)NC(C)CCCO)cc1C(F)(F)F. The lowest BCUT2D eigenvalue weighted by molar-refractivity contribution is -0.138. The highest BCUT2D eigenvalue weighted by molar-refractivity contribution is 6.39. The highest BCUT2D eigenvalue weighted by Gasteiger charge is 2.32. The van der Waals surface area contributed by atoms with Crippen molar-refractivity contribution in [3.8, 4) is 0 Å². The number of anilines is 1. The number of nitrogens with one attached hydrogen (secondary N) is 2. The third-order valence-electron chi connectivity index (χ3n) is 3.18. The fraction of sp³-hybridized carbons (Fsp3) is 0.467. The first-order chi connectivity index (χ1) is 10.6. The van der Waals surface area contributed by atoms with Gasteiger partial charge in [-0.1, -0.05) is 6.07 Å². The van der Waals surface area contributed by atoms with Crippen molar-refractivity contribution in [3.63, 3.8) is 0 Å². The van der Waals surface area contributed by atoms with E-state index in [9.17, 15) is 22.8 Å². The van der Waals surface area contributed by atoms with Crippen LogP contribution in [-0.4, -0.2) is 29.6 Å². The highest BCUT2D eigenvalue weighted by Crippen LogP contribution is 2.33. The number of benzene rings is 1. The van der Waals surface area contributed by atoms with Gasteiger partial charge in [0.1, 0.15) is 0 Å². The second-order valence-electron chi connectivity index (χ2n) is 5.22. The molecule has 5 nitrogen and oxygen atoms in total. The Hall–Kier alpha value is -2.09. The van der Waals surface area contributed by atoms with Crippen LogP contribution in [0.3, 0.4) is 0 Å². The summed E-state index contributed by atoms with van der Waals surface area (Å²) in [5.41, 5.74) is -0.948. The number of hydrogen-bond donors (Lipinski definition) is 3. The summed E-state index contributed by atoms with van der Waals surface area (Å²) in [4.78, 5) is 23.4. The van der Waals surface area contributed by atoms with Gasteiger partial charge in [-0.05, 0) is 44.4 Å². The number of hydrogen-bond acceptors (Lipinski definition) is 3. The number of halogens is 3. The van der Waals surface area contributed by atoms with E-state index >= 15 is 0 Å². The maximum absolute atomic E-state index is 12.8. The smallest absolute Gasteiger partial charge is 0.396 e. The van der Waals surface area contributed by atoms with Crippen LogP contribution in [-0.2, 0) is 15.8 Å². The Labute approximate surface area is 131 Å². The Bertz CT molecular complexity index is 574. The number of aliphatic hydroxyl groups excluding tert-OH is 1. The molecule has 23 heavy (non-hydrogen) atoms. The zero-order valence-corrected chi connectivity index (χ0v) is 12.8. The molecule has 0 bridgehead atoms. The minimum absolute atomic E-state index is 0.0255. The van der Waals surface area contributed by atoms with Gasteiger partial charge in [0.15, 0.2) is 0 Å². The van der Waals surface area contributed by atoms with Gasteiger partial charge in [-0.2, -0.15) is 13.2 Å². The minimum Gasteiger partial charge on any atom is -0.396 e. The van der Waals surface area contributed by atoms with Crippen molar-refractivity contribution < 1.29 is 27.9 Å². The molecule has 1 aromatic rings. The van der Waals surface area contributed by atoms with Crippen LogP contribution in [0.25, 0.3) is 0 Å². The lowest BCUT2D eigenvalue weighted by atomic mass is 10.1. The predicted octanol–water partition coefficient (Wildman–Crippen LogP) is 2.23. The summed E-state index contributed by atoms with van der Waals surface area (Å²) in [6, 6.07) is 2.98. The van der Waals surface area contributed by atoms with E-state index in [0.29, 0.717) is 12.8 Å². The number of alkyl halides is 3. The van der Waals surface area contributed by atoms with Crippen LogP contribution in [0.4, 0.5) is 18.9 Å². The van der Waals surface area contributed by atoms with Crippen molar-refractivity contribution in [2.75, 3.05) is 11.9 Å². The molecule has 1 unspecified atom stereocenters. The van der Waals surface area contributed by atoms with Crippen LogP contribution in [0.15, 0.2) is 18.2 Å². The van der Waals surface area contributed by atoms with E-state index in [0.717, 1.165) is 6.07 Å². The van der Waals surface area contributed by atoms with E-state index in [1.165, 1.54) is 19.1 Å². The molecule has 0 saturated heterocycles. The first kappa shape index (κ1) is 19.0. The molecule has 0 spiro atoms. The molecule has 1 rings (SSSR count). The number of aliphatic hydroxyl groups is 1. The average molecular weight is 332 g/mol. The molecule has 0 aromatic heterocycles. The van der Waals surface area contributed by atoms with Crippen LogP contribution >= 0.6 is 0 Å². The van der Waals surface area contributed by atoms with Crippen LogP contribution in [0.2, 0.25) is 0 Å².